The van der Waals surface area contributed by atoms with Crippen molar-refractivity contribution in [3.8, 4) is 0 Å². The van der Waals surface area contributed by atoms with E-state index in [1.54, 1.807) is 0 Å². The minimum absolute atomic E-state index is 0.0694. The number of carbonyl (C=O) groups excluding carboxylic acids is 1. The molecule has 1 aliphatic rings. The first kappa shape index (κ1) is 6.55. The van der Waals surface area contributed by atoms with E-state index in [4.69, 9.17) is 5.73 Å². The molecule has 0 radical (unpaired) electrons. The molecular weight excluding hydrogens is 116 g/mol. The summed E-state index contributed by atoms with van der Waals surface area (Å²) in [5.41, 5.74) is 5.06. The minimum Gasteiger partial charge on any atom is -0.368 e. The third-order valence-corrected chi connectivity index (χ3v) is 1.69. The number of primary amides is 1. The van der Waals surface area contributed by atoms with Crippen molar-refractivity contribution in [3.63, 3.8) is 0 Å². The van der Waals surface area contributed by atoms with Crippen LogP contribution in [-0.2, 0) is 4.79 Å². The molecule has 52 valence electrons. The molecule has 0 aromatic carbocycles. The SMILES string of the molecule is C[C@H]1CN[C@H](C(N)=O)C1. The van der Waals surface area contributed by atoms with Gasteiger partial charge in [0.25, 0.3) is 0 Å². The highest BCUT2D eigenvalue weighted by Crippen LogP contribution is 2.11. The summed E-state index contributed by atoms with van der Waals surface area (Å²) in [6, 6.07) is -0.0694. The Bertz CT molecular complexity index is 124. The standard InChI is InChI=1S/C6H12N2O/c1-4-2-5(6(7)9)8-3-4/h4-5,8H,2-3H2,1H3,(H2,7,9)/t4-,5+/m1/s1. The smallest absolute Gasteiger partial charge is 0.234 e. The molecule has 1 fully saturated rings. The molecule has 1 aliphatic heterocycles. The van der Waals surface area contributed by atoms with Crippen molar-refractivity contribution in [3.05, 3.63) is 0 Å². The van der Waals surface area contributed by atoms with Crippen molar-refractivity contribution in [2.24, 2.45) is 11.7 Å². The highest BCUT2D eigenvalue weighted by molar-refractivity contribution is 5.80. The number of amides is 1. The van der Waals surface area contributed by atoms with E-state index in [1.165, 1.54) is 0 Å². The van der Waals surface area contributed by atoms with Crippen LogP contribution in [0.5, 0.6) is 0 Å². The summed E-state index contributed by atoms with van der Waals surface area (Å²) in [4.78, 5) is 10.5. The van der Waals surface area contributed by atoms with E-state index >= 15 is 0 Å². The molecule has 1 rings (SSSR count). The Balaban J connectivity index is 2.39. The van der Waals surface area contributed by atoms with E-state index in [1.807, 2.05) is 0 Å². The molecule has 9 heavy (non-hydrogen) atoms. The zero-order chi connectivity index (χ0) is 6.85. The number of rotatable bonds is 1. The molecule has 1 saturated heterocycles. The maximum Gasteiger partial charge on any atom is 0.234 e. The summed E-state index contributed by atoms with van der Waals surface area (Å²) in [5, 5.41) is 3.03. The molecule has 3 nitrogen and oxygen atoms in total. The Kier molecular flexibility index (Phi) is 1.71. The van der Waals surface area contributed by atoms with E-state index in [9.17, 15) is 4.79 Å². The first-order valence-electron chi connectivity index (χ1n) is 3.23. The predicted octanol–water partition coefficient (Wildman–Crippen LogP) is -0.530. The largest absolute Gasteiger partial charge is 0.368 e. The van der Waals surface area contributed by atoms with E-state index in [0.717, 1.165) is 13.0 Å². The average Bonchev–Trinajstić information content (AvgIpc) is 2.14. The lowest BCUT2D eigenvalue weighted by atomic mass is 10.1. The van der Waals surface area contributed by atoms with Crippen LogP contribution in [0.1, 0.15) is 13.3 Å². The van der Waals surface area contributed by atoms with Gasteiger partial charge >= 0.3 is 0 Å². The summed E-state index contributed by atoms with van der Waals surface area (Å²) in [5.74, 6) is 0.377. The van der Waals surface area contributed by atoms with Gasteiger partial charge in [-0.3, -0.25) is 4.79 Å². The van der Waals surface area contributed by atoms with Crippen LogP contribution in [0, 0.1) is 5.92 Å². The fourth-order valence-corrected chi connectivity index (χ4v) is 1.13. The number of hydrogen-bond acceptors (Lipinski definition) is 2. The van der Waals surface area contributed by atoms with Crippen molar-refractivity contribution < 1.29 is 4.79 Å². The Morgan fingerprint density at radius 1 is 1.78 bits per heavy atom. The molecule has 2 atom stereocenters. The highest BCUT2D eigenvalue weighted by Gasteiger charge is 2.24. The normalized spacial score (nSPS) is 34.8. The van der Waals surface area contributed by atoms with Gasteiger partial charge in [0, 0.05) is 0 Å². The molecule has 0 unspecified atom stereocenters. The molecular formula is C6H12N2O. The maximum absolute atomic E-state index is 10.5. The van der Waals surface area contributed by atoms with Gasteiger partial charge in [-0.2, -0.15) is 0 Å². The maximum atomic E-state index is 10.5. The van der Waals surface area contributed by atoms with Crippen molar-refractivity contribution >= 4 is 5.91 Å². The first-order chi connectivity index (χ1) is 4.20. The molecule has 1 heterocycles. The van der Waals surface area contributed by atoms with E-state index in [-0.39, 0.29) is 11.9 Å². The van der Waals surface area contributed by atoms with Gasteiger partial charge in [0.2, 0.25) is 5.91 Å². The van der Waals surface area contributed by atoms with E-state index in [0.29, 0.717) is 5.92 Å². The molecule has 0 bridgehead atoms. The lowest BCUT2D eigenvalue weighted by molar-refractivity contribution is -0.119. The minimum atomic E-state index is -0.223. The first-order valence-corrected chi connectivity index (χ1v) is 3.23. The van der Waals surface area contributed by atoms with Crippen LogP contribution in [0.4, 0.5) is 0 Å². The zero-order valence-electron chi connectivity index (χ0n) is 5.55. The lowest BCUT2D eigenvalue weighted by Gasteiger charge is -2.01. The summed E-state index contributed by atoms with van der Waals surface area (Å²) in [6.45, 7) is 3.03. The number of nitrogens with two attached hydrogens (primary N) is 1. The number of nitrogens with one attached hydrogen (secondary N) is 1. The lowest BCUT2D eigenvalue weighted by Crippen LogP contribution is -2.36. The molecule has 3 heteroatoms. The molecule has 0 spiro atoms. The van der Waals surface area contributed by atoms with Crippen LogP contribution in [-0.4, -0.2) is 18.5 Å². The predicted molar refractivity (Wildman–Crippen MR) is 34.8 cm³/mol. The topological polar surface area (TPSA) is 55.1 Å². The molecule has 1 amide bonds. The molecule has 0 saturated carbocycles. The summed E-state index contributed by atoms with van der Waals surface area (Å²) in [7, 11) is 0. The summed E-state index contributed by atoms with van der Waals surface area (Å²) < 4.78 is 0. The molecule has 0 aromatic rings. The van der Waals surface area contributed by atoms with Crippen LogP contribution >= 0.6 is 0 Å². The van der Waals surface area contributed by atoms with Crippen LogP contribution in [0.25, 0.3) is 0 Å². The van der Waals surface area contributed by atoms with Crippen LogP contribution in [0.15, 0.2) is 0 Å². The van der Waals surface area contributed by atoms with Crippen molar-refractivity contribution in [1.82, 2.24) is 5.32 Å². The third-order valence-electron chi connectivity index (χ3n) is 1.69. The van der Waals surface area contributed by atoms with Gasteiger partial charge in [0.05, 0.1) is 6.04 Å². The Morgan fingerprint density at radius 2 is 2.44 bits per heavy atom. The fourth-order valence-electron chi connectivity index (χ4n) is 1.13. The summed E-state index contributed by atoms with van der Waals surface area (Å²) >= 11 is 0. The summed E-state index contributed by atoms with van der Waals surface area (Å²) in [6.07, 6.45) is 0.898. The average molecular weight is 128 g/mol. The number of carbonyl (C=O) groups is 1. The van der Waals surface area contributed by atoms with Gasteiger partial charge in [0.1, 0.15) is 0 Å². The Hall–Kier alpha value is -0.570. The quantitative estimate of drug-likeness (QED) is 0.498. The van der Waals surface area contributed by atoms with E-state index in [2.05, 4.69) is 12.2 Å². The van der Waals surface area contributed by atoms with Gasteiger partial charge in [-0.05, 0) is 18.9 Å². The number of hydrogen-bond donors (Lipinski definition) is 2. The second-order valence-electron chi connectivity index (χ2n) is 2.70. The molecule has 0 aliphatic carbocycles. The highest BCUT2D eigenvalue weighted by atomic mass is 16.1. The van der Waals surface area contributed by atoms with Gasteiger partial charge in [-0.15, -0.1) is 0 Å². The molecule has 0 aromatic heterocycles. The second kappa shape index (κ2) is 2.35. The molecule has 3 N–H and O–H groups in total. The van der Waals surface area contributed by atoms with Gasteiger partial charge in [-0.1, -0.05) is 6.92 Å². The monoisotopic (exact) mass is 128 g/mol. The van der Waals surface area contributed by atoms with Crippen molar-refractivity contribution in [2.75, 3.05) is 6.54 Å². The Morgan fingerprint density at radius 3 is 2.67 bits per heavy atom. The van der Waals surface area contributed by atoms with Crippen LogP contribution in [0.2, 0.25) is 0 Å². The van der Waals surface area contributed by atoms with Crippen LogP contribution < -0.4 is 11.1 Å². The van der Waals surface area contributed by atoms with Gasteiger partial charge in [0.15, 0.2) is 0 Å². The van der Waals surface area contributed by atoms with Crippen molar-refractivity contribution in [2.45, 2.75) is 19.4 Å². The van der Waals surface area contributed by atoms with Gasteiger partial charge < -0.3 is 11.1 Å². The third kappa shape index (κ3) is 1.42. The van der Waals surface area contributed by atoms with Crippen LogP contribution in [0.3, 0.4) is 0 Å². The zero-order valence-corrected chi connectivity index (χ0v) is 5.55. The van der Waals surface area contributed by atoms with E-state index < -0.39 is 0 Å². The van der Waals surface area contributed by atoms with Gasteiger partial charge in [-0.25, -0.2) is 0 Å². The second-order valence-corrected chi connectivity index (χ2v) is 2.70. The fraction of sp³-hybridized carbons (Fsp3) is 0.833. The van der Waals surface area contributed by atoms with Crippen molar-refractivity contribution in [1.29, 1.82) is 0 Å². The Labute approximate surface area is 54.6 Å².